The maximum Gasteiger partial charge on any atom is 0.333 e. The van der Waals surface area contributed by atoms with Crippen LogP contribution in [-0.4, -0.2) is 19.6 Å². The Kier molecular flexibility index (Phi) is 12.5. The van der Waals surface area contributed by atoms with E-state index in [2.05, 4.69) is 69.4 Å². The maximum absolute atomic E-state index is 12.8. The Morgan fingerprint density at radius 2 is 1.24 bits per heavy atom. The number of nitrogen functional groups attached to an aromatic ring is 2. The molecule has 2 atom stereocenters. The molecule has 0 radical (unpaired) electrons. The van der Waals surface area contributed by atoms with Crippen LogP contribution in [0.25, 0.3) is 5.57 Å². The van der Waals surface area contributed by atoms with Crippen LogP contribution in [0.15, 0.2) is 46.6 Å². The summed E-state index contributed by atoms with van der Waals surface area (Å²) < 4.78 is 32.5. The molecule has 4 aromatic rings. The molecule has 6 aliphatic carbocycles. The molecule has 3 fully saturated rings. The van der Waals surface area contributed by atoms with Gasteiger partial charge >= 0.3 is 6.03 Å². The highest BCUT2D eigenvalue weighted by molar-refractivity contribution is 7.89. The Labute approximate surface area is 375 Å². The molecule has 10 rings (SSSR count). The SMILES string of the molecule is C=C(c1c(C)cc2c(c1N)CCC2)C1CC1.Cc1cc2c(c(N)c1[C@@H](C)C1CC1)CCC2.Cc1cc2c(c(NC(=O)NS(=O)(=O)c3cc(C(C)(C)O)co3)c1[C@@H](C)C1CC1)CCC2. The number of anilines is 3. The molecule has 0 saturated heterocycles. The first-order valence-electron chi connectivity index (χ1n) is 23.6. The third kappa shape index (κ3) is 9.49. The number of furan rings is 1. The zero-order valence-corrected chi connectivity index (χ0v) is 39.5. The second kappa shape index (κ2) is 17.4. The summed E-state index contributed by atoms with van der Waals surface area (Å²) in [6, 6.07) is 7.36. The van der Waals surface area contributed by atoms with Crippen molar-refractivity contribution in [2.24, 2.45) is 17.8 Å². The van der Waals surface area contributed by atoms with E-state index in [1.807, 2.05) is 0 Å². The van der Waals surface area contributed by atoms with E-state index >= 15 is 0 Å². The van der Waals surface area contributed by atoms with Crippen molar-refractivity contribution in [3.8, 4) is 0 Å². The molecule has 2 amide bonds. The van der Waals surface area contributed by atoms with Gasteiger partial charge in [-0.1, -0.05) is 38.6 Å². The van der Waals surface area contributed by atoms with Gasteiger partial charge < -0.3 is 26.3 Å². The van der Waals surface area contributed by atoms with Crippen molar-refractivity contribution in [3.63, 3.8) is 0 Å². The van der Waals surface area contributed by atoms with E-state index < -0.39 is 26.7 Å². The highest BCUT2D eigenvalue weighted by atomic mass is 32.2. The molecule has 0 unspecified atom stereocenters. The average Bonchev–Trinajstić information content (AvgIpc) is 4.19. The number of hydrogen-bond acceptors (Lipinski definition) is 7. The fraction of sp³-hybridized carbons (Fsp3) is 0.528. The highest BCUT2D eigenvalue weighted by Gasteiger charge is 2.35. The van der Waals surface area contributed by atoms with E-state index in [0.29, 0.717) is 29.2 Å². The number of aryl methyl sites for hydroxylation is 6. The molecule has 1 aromatic heterocycles. The second-order valence-electron chi connectivity index (χ2n) is 20.3. The first-order valence-corrected chi connectivity index (χ1v) is 25.1. The van der Waals surface area contributed by atoms with Crippen molar-refractivity contribution in [2.45, 2.75) is 167 Å². The van der Waals surface area contributed by atoms with Crippen molar-refractivity contribution >= 4 is 38.7 Å². The van der Waals surface area contributed by atoms with E-state index in [1.54, 1.807) is 0 Å². The van der Waals surface area contributed by atoms with Crippen LogP contribution in [-0.2, 0) is 54.1 Å². The molecule has 1 heterocycles. The van der Waals surface area contributed by atoms with Crippen LogP contribution in [0, 0.1) is 38.5 Å². The Bertz CT molecular complexity index is 2550. The Balaban J connectivity index is 0.000000142. The van der Waals surface area contributed by atoms with E-state index in [-0.39, 0.29) is 0 Å². The van der Waals surface area contributed by atoms with Crippen LogP contribution < -0.4 is 21.5 Å². The van der Waals surface area contributed by atoms with Gasteiger partial charge in [0.15, 0.2) is 0 Å². The second-order valence-corrected chi connectivity index (χ2v) is 21.9. The number of benzene rings is 3. The van der Waals surface area contributed by atoms with Gasteiger partial charge in [-0.15, -0.1) is 0 Å². The molecule has 7 N–H and O–H groups in total. The molecule has 10 heteroatoms. The molecule has 3 aromatic carbocycles. The smallest absolute Gasteiger partial charge is 0.333 e. The number of sulfonamides is 1. The summed E-state index contributed by atoms with van der Waals surface area (Å²) in [5.41, 5.74) is 31.9. The maximum atomic E-state index is 12.8. The number of carbonyl (C=O) groups is 1. The van der Waals surface area contributed by atoms with Gasteiger partial charge in [0.05, 0.1) is 11.9 Å². The summed E-state index contributed by atoms with van der Waals surface area (Å²) in [4.78, 5) is 12.8. The van der Waals surface area contributed by atoms with E-state index in [9.17, 15) is 18.3 Å². The minimum absolute atomic E-state index is 0.303. The quantitative estimate of drug-likeness (QED) is 0.0991. The number of carbonyl (C=O) groups excluding carboxylic acids is 1. The molecule has 0 bridgehead atoms. The fourth-order valence-corrected chi connectivity index (χ4v) is 11.8. The molecule has 9 nitrogen and oxygen atoms in total. The summed E-state index contributed by atoms with van der Waals surface area (Å²) in [5.74, 6) is 3.19. The summed E-state index contributed by atoms with van der Waals surface area (Å²) in [5, 5.41) is 12.5. The summed E-state index contributed by atoms with van der Waals surface area (Å²) >= 11 is 0. The minimum atomic E-state index is -4.22. The van der Waals surface area contributed by atoms with E-state index in [1.165, 1.54) is 152 Å². The number of nitrogens with one attached hydrogen (secondary N) is 2. The van der Waals surface area contributed by atoms with Crippen LogP contribution in [0.2, 0.25) is 0 Å². The number of fused-ring (bicyclic) bond motifs is 3. The Morgan fingerprint density at radius 3 is 1.76 bits per heavy atom. The average molecular weight is 875 g/mol. The highest BCUT2D eigenvalue weighted by Crippen LogP contribution is 2.49. The summed E-state index contributed by atoms with van der Waals surface area (Å²) in [6.45, 7) is 18.3. The topological polar surface area (TPSA) is 161 Å². The lowest BCUT2D eigenvalue weighted by atomic mass is 9.87. The molecular formula is C53H70N4O5S. The lowest BCUT2D eigenvalue weighted by Gasteiger charge is -2.23. The van der Waals surface area contributed by atoms with Gasteiger partial charge in [-0.3, -0.25) is 0 Å². The molecular weight excluding hydrogens is 805 g/mol. The van der Waals surface area contributed by atoms with Gasteiger partial charge in [-0.05, 0) is 227 Å². The van der Waals surface area contributed by atoms with Gasteiger partial charge in [0.2, 0.25) is 5.09 Å². The van der Waals surface area contributed by atoms with Crippen LogP contribution in [0.5, 0.6) is 0 Å². The van der Waals surface area contributed by atoms with E-state index in [0.717, 1.165) is 65.4 Å². The Hall–Kier alpha value is -4.54. The van der Waals surface area contributed by atoms with Gasteiger partial charge in [0, 0.05) is 34.3 Å². The lowest BCUT2D eigenvalue weighted by Crippen LogP contribution is -2.35. The predicted octanol–water partition coefficient (Wildman–Crippen LogP) is 11.4. The lowest BCUT2D eigenvalue weighted by molar-refractivity contribution is 0.0779. The van der Waals surface area contributed by atoms with Crippen molar-refractivity contribution in [1.82, 2.24) is 4.72 Å². The standard InChI is InChI=1S/C23H30N2O5S.C15H21N.C15H19N/c1-13-10-16-6-5-7-18(16)21(20(13)14(2)15-8-9-15)24-22(26)25-31(28,29)19-11-17(12-30-19)23(3,4)27;2*1-9-8-12-4-3-5-13(12)15(16)14(9)10(2)11-6-7-11/h10-12,14-15,27H,5-9H2,1-4H3,(H2,24,25,26);8,10-11H,3-7,16H2,1-2H3;8,11H,2-7,16H2,1H3/t14-;10-;/m00./s1. The third-order valence-corrected chi connectivity index (χ3v) is 16.1. The van der Waals surface area contributed by atoms with Crippen molar-refractivity contribution in [1.29, 1.82) is 0 Å². The molecule has 338 valence electrons. The summed E-state index contributed by atoms with van der Waals surface area (Å²) in [7, 11) is -4.22. The first-order chi connectivity index (χ1) is 29.8. The van der Waals surface area contributed by atoms with Gasteiger partial charge in [-0.2, -0.15) is 8.42 Å². The number of nitrogens with two attached hydrogens (primary N) is 2. The van der Waals surface area contributed by atoms with E-state index in [4.69, 9.17) is 15.9 Å². The fourth-order valence-electron chi connectivity index (χ4n) is 10.9. The van der Waals surface area contributed by atoms with Crippen molar-refractivity contribution in [3.05, 3.63) is 109 Å². The molecule has 6 aliphatic rings. The number of urea groups is 1. The molecule has 3 saturated carbocycles. The van der Waals surface area contributed by atoms with Crippen LogP contribution in [0.3, 0.4) is 0 Å². The minimum Gasteiger partial charge on any atom is -0.451 e. The third-order valence-electron chi connectivity index (χ3n) is 15.0. The number of aliphatic hydroxyl groups is 1. The van der Waals surface area contributed by atoms with Gasteiger partial charge in [0.25, 0.3) is 10.0 Å². The number of rotatable bonds is 10. The zero-order chi connectivity index (χ0) is 45.1. The van der Waals surface area contributed by atoms with Crippen molar-refractivity contribution in [2.75, 3.05) is 16.8 Å². The molecule has 63 heavy (non-hydrogen) atoms. The van der Waals surface area contributed by atoms with Gasteiger partial charge in [0.1, 0.15) is 0 Å². The van der Waals surface area contributed by atoms with Crippen LogP contribution in [0.4, 0.5) is 21.9 Å². The van der Waals surface area contributed by atoms with Gasteiger partial charge in [-0.25, -0.2) is 9.52 Å². The monoisotopic (exact) mass is 875 g/mol. The largest absolute Gasteiger partial charge is 0.451 e. The Morgan fingerprint density at radius 1 is 0.746 bits per heavy atom. The normalized spacial score (nSPS) is 18.5. The van der Waals surface area contributed by atoms with Crippen LogP contribution in [0.1, 0.15) is 170 Å². The molecule has 0 aliphatic heterocycles. The summed E-state index contributed by atoms with van der Waals surface area (Å²) in [6.07, 6.45) is 19.2. The number of hydrogen-bond donors (Lipinski definition) is 5. The van der Waals surface area contributed by atoms with Crippen molar-refractivity contribution < 1.29 is 22.7 Å². The first kappa shape index (κ1) is 45.0. The zero-order valence-electron chi connectivity index (χ0n) is 38.7. The molecule has 0 spiro atoms. The van der Waals surface area contributed by atoms with Crippen LogP contribution >= 0.6 is 0 Å². The predicted molar refractivity (Wildman–Crippen MR) is 256 cm³/mol. The number of amides is 2. The number of allylic oxidation sites excluding steroid dienone is 1.